The van der Waals surface area contributed by atoms with Gasteiger partial charge in [0, 0.05) is 37.8 Å². The highest BCUT2D eigenvalue weighted by atomic mass is 79.9. The molecular formula is C16H26BrNO3. The van der Waals surface area contributed by atoms with Gasteiger partial charge >= 0.3 is 0 Å². The molecule has 0 aliphatic heterocycles. The Balaban J connectivity index is 2.52. The second-order valence-electron chi connectivity index (χ2n) is 5.19. The van der Waals surface area contributed by atoms with Crippen molar-refractivity contribution in [3.05, 3.63) is 34.3 Å². The normalized spacial score (nSPS) is 14.4. The quantitative estimate of drug-likeness (QED) is 0.697. The van der Waals surface area contributed by atoms with Crippen molar-refractivity contribution in [1.29, 1.82) is 0 Å². The van der Waals surface area contributed by atoms with Gasteiger partial charge in [-0.3, -0.25) is 4.90 Å². The van der Waals surface area contributed by atoms with E-state index in [2.05, 4.69) is 27.8 Å². The summed E-state index contributed by atoms with van der Waals surface area (Å²) < 4.78 is 11.4. The van der Waals surface area contributed by atoms with Crippen molar-refractivity contribution < 1.29 is 14.6 Å². The first kappa shape index (κ1) is 18.6. The monoisotopic (exact) mass is 359 g/mol. The van der Waals surface area contributed by atoms with Crippen LogP contribution < -0.4 is 0 Å². The van der Waals surface area contributed by atoms with E-state index in [0.717, 1.165) is 23.1 Å². The van der Waals surface area contributed by atoms with E-state index in [9.17, 15) is 5.11 Å². The fourth-order valence-electron chi connectivity index (χ4n) is 2.25. The lowest BCUT2D eigenvalue weighted by Gasteiger charge is -2.29. The summed E-state index contributed by atoms with van der Waals surface area (Å²) in [4.78, 5) is 2.29. The predicted octanol–water partition coefficient (Wildman–Crippen LogP) is 2.86. The van der Waals surface area contributed by atoms with Gasteiger partial charge in [0.2, 0.25) is 0 Å². The lowest BCUT2D eigenvalue weighted by atomic mass is 10.1. The van der Waals surface area contributed by atoms with E-state index in [-0.39, 0.29) is 0 Å². The molecule has 1 N–H and O–H groups in total. The van der Waals surface area contributed by atoms with Crippen LogP contribution in [0.3, 0.4) is 0 Å². The Hall–Kier alpha value is -0.460. The fraction of sp³-hybridized carbons (Fsp3) is 0.625. The first-order chi connectivity index (χ1) is 10.1. The summed E-state index contributed by atoms with van der Waals surface area (Å²) in [5.41, 5.74) is 0.948. The zero-order valence-corrected chi connectivity index (χ0v) is 14.7. The highest BCUT2D eigenvalue weighted by Crippen LogP contribution is 2.20. The van der Waals surface area contributed by atoms with Crippen LogP contribution in [0.25, 0.3) is 0 Å². The van der Waals surface area contributed by atoms with Gasteiger partial charge in [-0.05, 0) is 31.0 Å². The number of rotatable bonds is 10. The molecule has 2 unspecified atom stereocenters. The van der Waals surface area contributed by atoms with Gasteiger partial charge in [0.25, 0.3) is 0 Å². The molecule has 120 valence electrons. The Morgan fingerprint density at radius 2 is 1.81 bits per heavy atom. The molecule has 0 saturated carbocycles. The number of hydrogen-bond donors (Lipinski definition) is 1. The SMILES string of the molecule is COCCN(CCC(O)c1ccc(Br)cc1)C(C)COC. The minimum atomic E-state index is -0.446. The number of nitrogens with zero attached hydrogens (tertiary/aromatic N) is 1. The molecule has 0 radical (unpaired) electrons. The van der Waals surface area contributed by atoms with Crippen molar-refractivity contribution in [2.75, 3.05) is 40.5 Å². The molecule has 0 aromatic heterocycles. The minimum absolute atomic E-state index is 0.308. The largest absolute Gasteiger partial charge is 0.388 e. The van der Waals surface area contributed by atoms with Crippen LogP contribution in [0.4, 0.5) is 0 Å². The van der Waals surface area contributed by atoms with E-state index in [1.54, 1.807) is 14.2 Å². The molecule has 2 atom stereocenters. The lowest BCUT2D eigenvalue weighted by molar-refractivity contribution is 0.0612. The first-order valence-corrected chi connectivity index (χ1v) is 8.03. The maximum Gasteiger partial charge on any atom is 0.0802 e. The molecule has 1 aromatic rings. The van der Waals surface area contributed by atoms with Crippen molar-refractivity contribution in [3.63, 3.8) is 0 Å². The fourth-order valence-corrected chi connectivity index (χ4v) is 2.51. The zero-order valence-electron chi connectivity index (χ0n) is 13.1. The van der Waals surface area contributed by atoms with E-state index in [1.807, 2.05) is 24.3 Å². The average molecular weight is 360 g/mol. The number of aliphatic hydroxyl groups is 1. The highest BCUT2D eigenvalue weighted by Gasteiger charge is 2.16. The maximum atomic E-state index is 10.3. The zero-order chi connectivity index (χ0) is 15.7. The highest BCUT2D eigenvalue weighted by molar-refractivity contribution is 9.10. The standard InChI is InChI=1S/C16H26BrNO3/c1-13(12-21-3)18(10-11-20-2)9-8-16(19)14-4-6-15(17)7-5-14/h4-7,13,16,19H,8-12H2,1-3H3. The molecule has 5 heteroatoms. The van der Waals surface area contributed by atoms with Gasteiger partial charge in [-0.2, -0.15) is 0 Å². The summed E-state index contributed by atoms with van der Waals surface area (Å²) in [6.45, 7) is 5.14. The number of aliphatic hydroxyl groups excluding tert-OH is 1. The van der Waals surface area contributed by atoms with Crippen molar-refractivity contribution in [2.24, 2.45) is 0 Å². The summed E-state index contributed by atoms with van der Waals surface area (Å²) in [7, 11) is 3.41. The molecule has 0 bridgehead atoms. The van der Waals surface area contributed by atoms with E-state index in [1.165, 1.54) is 0 Å². The number of benzene rings is 1. The summed E-state index contributed by atoms with van der Waals surface area (Å²) >= 11 is 3.40. The van der Waals surface area contributed by atoms with Gasteiger partial charge in [0.15, 0.2) is 0 Å². The number of methoxy groups -OCH3 is 2. The maximum absolute atomic E-state index is 10.3. The summed E-state index contributed by atoms with van der Waals surface area (Å²) in [5, 5.41) is 10.3. The van der Waals surface area contributed by atoms with Gasteiger partial charge in [-0.25, -0.2) is 0 Å². The topological polar surface area (TPSA) is 41.9 Å². The van der Waals surface area contributed by atoms with E-state index >= 15 is 0 Å². The summed E-state index contributed by atoms with van der Waals surface area (Å²) in [6, 6.07) is 8.12. The van der Waals surface area contributed by atoms with Crippen LogP contribution in [0, 0.1) is 0 Å². The Bertz CT molecular complexity index is 386. The summed E-state index contributed by atoms with van der Waals surface area (Å²) in [5.74, 6) is 0. The van der Waals surface area contributed by atoms with E-state index in [4.69, 9.17) is 9.47 Å². The van der Waals surface area contributed by atoms with Crippen molar-refractivity contribution in [3.8, 4) is 0 Å². The summed E-state index contributed by atoms with van der Waals surface area (Å²) in [6.07, 6.45) is 0.247. The Labute approximate surface area is 136 Å². The van der Waals surface area contributed by atoms with Crippen LogP contribution in [0.2, 0.25) is 0 Å². The van der Waals surface area contributed by atoms with E-state index < -0.39 is 6.10 Å². The molecule has 0 fully saturated rings. The predicted molar refractivity (Wildman–Crippen MR) is 88.5 cm³/mol. The lowest BCUT2D eigenvalue weighted by Crippen LogP contribution is -2.39. The number of halogens is 1. The molecule has 0 heterocycles. The third-order valence-corrected chi connectivity index (χ3v) is 4.09. The second-order valence-corrected chi connectivity index (χ2v) is 6.10. The third kappa shape index (κ3) is 6.89. The molecule has 21 heavy (non-hydrogen) atoms. The van der Waals surface area contributed by atoms with Gasteiger partial charge < -0.3 is 14.6 Å². The minimum Gasteiger partial charge on any atom is -0.388 e. The molecule has 0 spiro atoms. The smallest absolute Gasteiger partial charge is 0.0802 e. The number of ether oxygens (including phenoxy) is 2. The Kier molecular flexibility index (Phi) is 9.11. The third-order valence-electron chi connectivity index (χ3n) is 3.56. The van der Waals surface area contributed by atoms with Gasteiger partial charge in [0.1, 0.15) is 0 Å². The van der Waals surface area contributed by atoms with Crippen LogP contribution in [-0.4, -0.2) is 56.6 Å². The van der Waals surface area contributed by atoms with Crippen molar-refractivity contribution in [1.82, 2.24) is 4.90 Å². The molecular weight excluding hydrogens is 334 g/mol. The van der Waals surface area contributed by atoms with Crippen LogP contribution in [0.5, 0.6) is 0 Å². The molecule has 0 amide bonds. The van der Waals surface area contributed by atoms with Crippen LogP contribution in [0.15, 0.2) is 28.7 Å². The molecule has 1 rings (SSSR count). The van der Waals surface area contributed by atoms with Crippen LogP contribution in [-0.2, 0) is 9.47 Å². The van der Waals surface area contributed by atoms with Gasteiger partial charge in [0.05, 0.1) is 19.3 Å². The number of hydrogen-bond acceptors (Lipinski definition) is 4. The first-order valence-electron chi connectivity index (χ1n) is 7.24. The molecule has 0 aliphatic carbocycles. The van der Waals surface area contributed by atoms with Crippen LogP contribution in [0.1, 0.15) is 25.0 Å². The molecule has 1 aromatic carbocycles. The average Bonchev–Trinajstić information content (AvgIpc) is 2.48. The van der Waals surface area contributed by atoms with Crippen LogP contribution >= 0.6 is 15.9 Å². The second kappa shape index (κ2) is 10.3. The molecule has 4 nitrogen and oxygen atoms in total. The van der Waals surface area contributed by atoms with Gasteiger partial charge in [-0.15, -0.1) is 0 Å². The Morgan fingerprint density at radius 3 is 2.38 bits per heavy atom. The van der Waals surface area contributed by atoms with Crippen molar-refractivity contribution in [2.45, 2.75) is 25.5 Å². The van der Waals surface area contributed by atoms with Crippen molar-refractivity contribution >= 4 is 15.9 Å². The van der Waals surface area contributed by atoms with Gasteiger partial charge in [-0.1, -0.05) is 28.1 Å². The molecule has 0 aliphatic rings. The van der Waals surface area contributed by atoms with E-state index in [0.29, 0.717) is 25.7 Å². The molecule has 0 saturated heterocycles. The Morgan fingerprint density at radius 1 is 1.14 bits per heavy atom.